The fourth-order valence-electron chi connectivity index (χ4n) is 4.13. The first-order valence-electron chi connectivity index (χ1n) is 10.6. The summed E-state index contributed by atoms with van der Waals surface area (Å²) in [4.78, 5) is 15.2. The molecule has 6 nitrogen and oxygen atoms in total. The number of furan rings is 1. The third kappa shape index (κ3) is 3.36. The smallest absolute Gasteiger partial charge is 0.152 e. The first kappa shape index (κ1) is 19.5. The van der Waals surface area contributed by atoms with E-state index in [0.29, 0.717) is 6.61 Å². The molecule has 5 heterocycles. The molecule has 0 spiro atoms. The maximum absolute atomic E-state index is 6.14. The first-order chi connectivity index (χ1) is 14.6. The molecule has 0 saturated heterocycles. The van der Waals surface area contributed by atoms with E-state index in [9.17, 15) is 0 Å². The molecule has 1 aliphatic rings. The molecule has 156 valence electrons. The number of thiophene rings is 1. The molecule has 30 heavy (non-hydrogen) atoms. The van der Waals surface area contributed by atoms with E-state index in [1.807, 2.05) is 12.1 Å². The molecule has 5 rings (SSSR count). The number of fused-ring (bicyclic) bond motifs is 5. The maximum atomic E-state index is 6.14. The fourth-order valence-corrected chi connectivity index (χ4v) is 5.26. The summed E-state index contributed by atoms with van der Waals surface area (Å²) in [7, 11) is 0. The second-order valence-electron chi connectivity index (χ2n) is 8.44. The molecule has 0 radical (unpaired) electrons. The summed E-state index contributed by atoms with van der Waals surface area (Å²) >= 11 is 1.66. The van der Waals surface area contributed by atoms with Gasteiger partial charge < -0.3 is 14.5 Å². The minimum atomic E-state index is -0.232. The van der Waals surface area contributed by atoms with Crippen molar-refractivity contribution in [3.05, 3.63) is 35.9 Å². The van der Waals surface area contributed by atoms with Gasteiger partial charge in [0, 0.05) is 23.9 Å². The lowest BCUT2D eigenvalue weighted by atomic mass is 9.89. The molecule has 0 amide bonds. The standard InChI is InChI=1S/C23H26N4O2S/c1-4-5-6-9-24-21-20-19(25-13-26-21)17-14-11-23(2,3)29-12-15(14)18(27-22(17)30-20)16-8-7-10-28-16/h7-8,10,13H,4-6,9,11-12H2,1-3H3,(H,24,25,26). The summed E-state index contributed by atoms with van der Waals surface area (Å²) in [5.74, 6) is 1.68. The molecule has 0 fully saturated rings. The molecule has 1 aliphatic heterocycles. The number of hydrogen-bond acceptors (Lipinski definition) is 7. The van der Waals surface area contributed by atoms with Crippen LogP contribution in [0.2, 0.25) is 0 Å². The SMILES string of the molecule is CCCCCNc1ncnc2c1sc1nc(-c3ccco3)c3c(c12)CC(C)(C)OC3. The minimum absolute atomic E-state index is 0.232. The normalized spacial score (nSPS) is 15.6. The van der Waals surface area contributed by atoms with E-state index < -0.39 is 0 Å². The lowest BCUT2D eigenvalue weighted by molar-refractivity contribution is -0.0395. The van der Waals surface area contributed by atoms with Crippen molar-refractivity contribution in [1.29, 1.82) is 0 Å². The van der Waals surface area contributed by atoms with Crippen molar-refractivity contribution in [2.24, 2.45) is 0 Å². The van der Waals surface area contributed by atoms with Crippen LogP contribution in [0.25, 0.3) is 31.9 Å². The Kier molecular flexibility index (Phi) is 4.95. The fraction of sp³-hybridized carbons (Fsp3) is 0.435. The monoisotopic (exact) mass is 422 g/mol. The molecule has 0 aromatic carbocycles. The summed E-state index contributed by atoms with van der Waals surface area (Å²) in [6.07, 6.45) is 7.71. The Hall–Kier alpha value is -2.51. The molecule has 4 aromatic heterocycles. The van der Waals surface area contributed by atoms with Crippen molar-refractivity contribution in [3.8, 4) is 11.5 Å². The Morgan fingerprint density at radius 3 is 2.90 bits per heavy atom. The highest BCUT2D eigenvalue weighted by molar-refractivity contribution is 7.26. The number of ether oxygens (including phenoxy) is 1. The highest BCUT2D eigenvalue weighted by atomic mass is 32.1. The molecule has 0 unspecified atom stereocenters. The molecule has 0 atom stereocenters. The van der Waals surface area contributed by atoms with Gasteiger partial charge in [-0.25, -0.2) is 15.0 Å². The van der Waals surface area contributed by atoms with E-state index in [1.54, 1.807) is 23.9 Å². The van der Waals surface area contributed by atoms with Crippen LogP contribution in [0, 0.1) is 0 Å². The van der Waals surface area contributed by atoms with Crippen LogP contribution in [0.3, 0.4) is 0 Å². The van der Waals surface area contributed by atoms with Gasteiger partial charge >= 0.3 is 0 Å². The predicted octanol–water partition coefficient (Wildman–Crippen LogP) is 5.95. The van der Waals surface area contributed by atoms with Gasteiger partial charge in [0.25, 0.3) is 0 Å². The molecule has 1 N–H and O–H groups in total. The summed E-state index contributed by atoms with van der Waals surface area (Å²) in [6, 6.07) is 3.86. The van der Waals surface area contributed by atoms with Crippen molar-refractivity contribution in [2.45, 2.75) is 58.7 Å². The zero-order valence-electron chi connectivity index (χ0n) is 17.6. The van der Waals surface area contributed by atoms with Gasteiger partial charge in [-0.1, -0.05) is 19.8 Å². The number of unbranched alkanes of at least 4 members (excludes halogenated alkanes) is 2. The number of pyridine rings is 1. The predicted molar refractivity (Wildman–Crippen MR) is 121 cm³/mol. The summed E-state index contributed by atoms with van der Waals surface area (Å²) in [5.41, 5.74) is 3.99. The van der Waals surface area contributed by atoms with Crippen molar-refractivity contribution in [3.63, 3.8) is 0 Å². The second-order valence-corrected chi connectivity index (χ2v) is 9.44. The lowest BCUT2D eigenvalue weighted by Crippen LogP contribution is -2.32. The molecular weight excluding hydrogens is 396 g/mol. The van der Waals surface area contributed by atoms with Crippen LogP contribution in [0.15, 0.2) is 29.1 Å². The maximum Gasteiger partial charge on any atom is 0.152 e. The van der Waals surface area contributed by atoms with Crippen LogP contribution in [0.5, 0.6) is 0 Å². The highest BCUT2D eigenvalue weighted by Crippen LogP contribution is 2.44. The van der Waals surface area contributed by atoms with Gasteiger partial charge in [-0.3, -0.25) is 0 Å². The van der Waals surface area contributed by atoms with Gasteiger partial charge in [0.05, 0.1) is 28.7 Å². The van der Waals surface area contributed by atoms with Crippen LogP contribution >= 0.6 is 11.3 Å². The van der Waals surface area contributed by atoms with Gasteiger partial charge in [-0.05, 0) is 38.0 Å². The van der Waals surface area contributed by atoms with Crippen molar-refractivity contribution >= 4 is 37.6 Å². The summed E-state index contributed by atoms with van der Waals surface area (Å²) in [5, 5.41) is 4.65. The number of anilines is 1. The van der Waals surface area contributed by atoms with Gasteiger partial charge in [0.15, 0.2) is 5.76 Å². The first-order valence-corrected chi connectivity index (χ1v) is 11.4. The van der Waals surface area contributed by atoms with E-state index in [4.69, 9.17) is 14.1 Å². The van der Waals surface area contributed by atoms with Gasteiger partial charge in [0.2, 0.25) is 0 Å². The van der Waals surface area contributed by atoms with E-state index in [0.717, 1.165) is 62.7 Å². The molecule has 4 aromatic rings. The lowest BCUT2D eigenvalue weighted by Gasteiger charge is -2.32. The molecule has 0 bridgehead atoms. The minimum Gasteiger partial charge on any atom is -0.463 e. The number of aromatic nitrogens is 3. The van der Waals surface area contributed by atoms with Crippen molar-refractivity contribution < 1.29 is 9.15 Å². The van der Waals surface area contributed by atoms with Gasteiger partial charge in [-0.15, -0.1) is 11.3 Å². The van der Waals surface area contributed by atoms with E-state index >= 15 is 0 Å². The largest absolute Gasteiger partial charge is 0.463 e. The number of hydrogen-bond donors (Lipinski definition) is 1. The van der Waals surface area contributed by atoms with Crippen LogP contribution < -0.4 is 5.32 Å². The Morgan fingerprint density at radius 2 is 2.10 bits per heavy atom. The average molecular weight is 423 g/mol. The second kappa shape index (κ2) is 7.63. The number of rotatable bonds is 6. The summed E-state index contributed by atoms with van der Waals surface area (Å²) in [6.45, 7) is 7.92. The van der Waals surface area contributed by atoms with E-state index in [1.165, 1.54) is 18.4 Å². The average Bonchev–Trinajstić information content (AvgIpc) is 3.38. The Balaban J connectivity index is 1.71. The Morgan fingerprint density at radius 1 is 1.20 bits per heavy atom. The van der Waals surface area contributed by atoms with Crippen molar-refractivity contribution in [2.75, 3.05) is 11.9 Å². The third-order valence-corrected chi connectivity index (χ3v) is 6.74. The third-order valence-electron chi connectivity index (χ3n) is 5.66. The quantitative estimate of drug-likeness (QED) is 0.387. The molecule has 7 heteroatoms. The summed E-state index contributed by atoms with van der Waals surface area (Å²) < 4.78 is 12.9. The number of nitrogens with zero attached hydrogens (tertiary/aromatic N) is 3. The Bertz CT molecular complexity index is 1200. The van der Waals surface area contributed by atoms with Crippen LogP contribution in [-0.4, -0.2) is 27.1 Å². The Labute approximate surface area is 179 Å². The molecule has 0 saturated carbocycles. The van der Waals surface area contributed by atoms with Gasteiger partial charge in [0.1, 0.15) is 22.7 Å². The van der Waals surface area contributed by atoms with Crippen LogP contribution in [0.4, 0.5) is 5.82 Å². The molecule has 0 aliphatic carbocycles. The zero-order chi connectivity index (χ0) is 20.7. The van der Waals surface area contributed by atoms with Crippen LogP contribution in [-0.2, 0) is 17.8 Å². The highest BCUT2D eigenvalue weighted by Gasteiger charge is 2.32. The van der Waals surface area contributed by atoms with Gasteiger partial charge in [-0.2, -0.15) is 0 Å². The van der Waals surface area contributed by atoms with Crippen LogP contribution in [0.1, 0.15) is 51.2 Å². The van der Waals surface area contributed by atoms with E-state index in [2.05, 4.69) is 36.1 Å². The number of nitrogens with one attached hydrogen (secondary N) is 1. The van der Waals surface area contributed by atoms with E-state index in [-0.39, 0.29) is 5.60 Å². The molecular formula is C23H26N4O2S. The topological polar surface area (TPSA) is 73.1 Å². The van der Waals surface area contributed by atoms with Crippen molar-refractivity contribution in [1.82, 2.24) is 15.0 Å². The zero-order valence-corrected chi connectivity index (χ0v) is 18.4.